The number of hydrogen-bond acceptors (Lipinski definition) is 6. The molecule has 2 aromatic heterocycles. The lowest BCUT2D eigenvalue weighted by atomic mass is 10.0. The fourth-order valence-electron chi connectivity index (χ4n) is 2.34. The Morgan fingerprint density at radius 2 is 2.12 bits per heavy atom. The number of rotatable bonds is 5. The van der Waals surface area contributed by atoms with Crippen LogP contribution in [0.1, 0.15) is 17.0 Å². The van der Waals surface area contributed by atoms with Crippen LogP contribution < -0.4 is 4.74 Å². The molecule has 0 unspecified atom stereocenters. The van der Waals surface area contributed by atoms with Gasteiger partial charge in [0.05, 0.1) is 13.7 Å². The lowest BCUT2D eigenvalue weighted by molar-refractivity contribution is 0.263. The molecule has 0 saturated carbocycles. The van der Waals surface area contributed by atoms with Crippen LogP contribution in [0.4, 0.5) is 4.39 Å². The summed E-state index contributed by atoms with van der Waals surface area (Å²) in [7, 11) is 1.52. The summed E-state index contributed by atoms with van der Waals surface area (Å²) >= 11 is 0. The fourth-order valence-corrected chi connectivity index (χ4v) is 2.34. The van der Waals surface area contributed by atoms with E-state index in [2.05, 4.69) is 20.5 Å². The van der Waals surface area contributed by atoms with Crippen molar-refractivity contribution in [1.82, 2.24) is 25.2 Å². The van der Waals surface area contributed by atoms with Crippen molar-refractivity contribution in [2.24, 2.45) is 0 Å². The van der Waals surface area contributed by atoms with E-state index >= 15 is 0 Å². The number of ether oxygens (including phenoxy) is 1. The maximum absolute atomic E-state index is 13.9. The van der Waals surface area contributed by atoms with Gasteiger partial charge in [0, 0.05) is 11.8 Å². The SMILES string of the molecule is COc1ncc(Cn2nnnc2CO)cc1-c1ccc(C)c(F)c1. The summed E-state index contributed by atoms with van der Waals surface area (Å²) in [4.78, 5) is 4.27. The third kappa shape index (κ3) is 3.09. The normalized spacial score (nSPS) is 10.8. The average Bonchev–Trinajstić information content (AvgIpc) is 3.04. The topological polar surface area (TPSA) is 86.0 Å². The van der Waals surface area contributed by atoms with Crippen LogP contribution in [0.3, 0.4) is 0 Å². The molecule has 3 rings (SSSR count). The Morgan fingerprint density at radius 1 is 1.29 bits per heavy atom. The van der Waals surface area contributed by atoms with Crippen LogP contribution >= 0.6 is 0 Å². The molecule has 7 nitrogen and oxygen atoms in total. The molecule has 0 aliphatic rings. The monoisotopic (exact) mass is 329 g/mol. The van der Waals surface area contributed by atoms with Crippen LogP contribution in [0.25, 0.3) is 11.1 Å². The zero-order valence-electron chi connectivity index (χ0n) is 13.3. The fraction of sp³-hybridized carbons (Fsp3) is 0.250. The highest BCUT2D eigenvalue weighted by Gasteiger charge is 2.12. The van der Waals surface area contributed by atoms with Crippen molar-refractivity contribution in [3.63, 3.8) is 0 Å². The van der Waals surface area contributed by atoms with Crippen LogP contribution in [0, 0.1) is 12.7 Å². The molecule has 24 heavy (non-hydrogen) atoms. The maximum Gasteiger partial charge on any atom is 0.221 e. The van der Waals surface area contributed by atoms with Crippen molar-refractivity contribution < 1.29 is 14.2 Å². The third-order valence-electron chi connectivity index (χ3n) is 3.66. The van der Waals surface area contributed by atoms with E-state index in [1.54, 1.807) is 19.2 Å². The summed E-state index contributed by atoms with van der Waals surface area (Å²) in [5.41, 5.74) is 2.72. The van der Waals surface area contributed by atoms with E-state index in [1.807, 2.05) is 12.1 Å². The Labute approximate surface area is 137 Å². The molecule has 0 aliphatic heterocycles. The van der Waals surface area contributed by atoms with E-state index in [0.717, 1.165) is 5.56 Å². The molecule has 2 heterocycles. The van der Waals surface area contributed by atoms with Crippen molar-refractivity contribution >= 4 is 0 Å². The first-order valence-corrected chi connectivity index (χ1v) is 7.27. The number of aryl methyl sites for hydroxylation is 1. The van der Waals surface area contributed by atoms with Crippen molar-refractivity contribution in [3.05, 3.63) is 53.2 Å². The van der Waals surface area contributed by atoms with Gasteiger partial charge in [-0.25, -0.2) is 14.1 Å². The first-order valence-electron chi connectivity index (χ1n) is 7.27. The number of halogens is 1. The lowest BCUT2D eigenvalue weighted by Gasteiger charge is -2.11. The van der Waals surface area contributed by atoms with Gasteiger partial charge in [0.1, 0.15) is 12.4 Å². The summed E-state index contributed by atoms with van der Waals surface area (Å²) in [6, 6.07) is 6.83. The Morgan fingerprint density at radius 3 is 2.83 bits per heavy atom. The molecule has 3 aromatic rings. The summed E-state index contributed by atoms with van der Waals surface area (Å²) in [6.45, 7) is 1.78. The first-order chi connectivity index (χ1) is 11.6. The number of pyridine rings is 1. The molecule has 124 valence electrons. The van der Waals surface area contributed by atoms with Crippen molar-refractivity contribution in [3.8, 4) is 17.0 Å². The van der Waals surface area contributed by atoms with Crippen molar-refractivity contribution in [2.75, 3.05) is 7.11 Å². The van der Waals surface area contributed by atoms with Gasteiger partial charge >= 0.3 is 0 Å². The Hall–Kier alpha value is -2.87. The highest BCUT2D eigenvalue weighted by molar-refractivity contribution is 5.69. The number of benzene rings is 1. The van der Waals surface area contributed by atoms with Crippen LogP contribution in [0.15, 0.2) is 30.5 Å². The van der Waals surface area contributed by atoms with Crippen molar-refractivity contribution in [2.45, 2.75) is 20.1 Å². The van der Waals surface area contributed by atoms with Gasteiger partial charge < -0.3 is 9.84 Å². The summed E-state index contributed by atoms with van der Waals surface area (Å²) in [6.07, 6.45) is 1.63. The molecule has 0 radical (unpaired) electrons. The smallest absolute Gasteiger partial charge is 0.221 e. The van der Waals surface area contributed by atoms with Crippen LogP contribution in [0.2, 0.25) is 0 Å². The molecule has 0 aliphatic carbocycles. The molecule has 1 N–H and O–H groups in total. The highest BCUT2D eigenvalue weighted by atomic mass is 19.1. The Bertz CT molecular complexity index is 865. The second kappa shape index (κ2) is 6.71. The third-order valence-corrected chi connectivity index (χ3v) is 3.66. The first kappa shape index (κ1) is 16.0. The number of nitrogens with zero attached hydrogens (tertiary/aromatic N) is 5. The van der Waals surface area contributed by atoms with E-state index in [0.29, 0.717) is 34.9 Å². The minimum absolute atomic E-state index is 0.257. The number of hydrogen-bond donors (Lipinski definition) is 1. The zero-order valence-corrected chi connectivity index (χ0v) is 13.3. The van der Waals surface area contributed by atoms with Gasteiger partial charge in [0.2, 0.25) is 5.88 Å². The van der Waals surface area contributed by atoms with E-state index in [9.17, 15) is 9.50 Å². The minimum atomic E-state index is -0.289. The number of aliphatic hydroxyl groups excluding tert-OH is 1. The standard InChI is InChI=1S/C16H16FN5O2/c1-10-3-4-12(6-14(10)17)13-5-11(7-18-16(13)24-2)8-22-15(9-23)19-20-21-22/h3-7,23H,8-9H2,1-2H3. The summed E-state index contributed by atoms with van der Waals surface area (Å²) < 4.78 is 20.6. The van der Waals surface area contributed by atoms with Crippen LogP contribution in [0.5, 0.6) is 5.88 Å². The molecule has 0 fully saturated rings. The van der Waals surface area contributed by atoms with Crippen LogP contribution in [-0.4, -0.2) is 37.4 Å². The van der Waals surface area contributed by atoms with Gasteiger partial charge in [0.25, 0.3) is 0 Å². The van der Waals surface area contributed by atoms with Gasteiger partial charge in [-0.3, -0.25) is 0 Å². The van der Waals surface area contributed by atoms with E-state index in [4.69, 9.17) is 4.74 Å². The van der Waals surface area contributed by atoms with Crippen molar-refractivity contribution in [1.29, 1.82) is 0 Å². The van der Waals surface area contributed by atoms with E-state index in [-0.39, 0.29) is 12.4 Å². The predicted octanol–water partition coefficient (Wildman–Crippen LogP) is 1.73. The molecule has 1 aromatic carbocycles. The number of aliphatic hydroxyl groups is 1. The number of tetrazole rings is 1. The van der Waals surface area contributed by atoms with Gasteiger partial charge in [0.15, 0.2) is 5.82 Å². The van der Waals surface area contributed by atoms with Gasteiger partial charge in [-0.05, 0) is 46.2 Å². The molecule has 0 spiro atoms. The van der Waals surface area contributed by atoms with E-state index < -0.39 is 0 Å². The molecule has 0 amide bonds. The summed E-state index contributed by atoms with van der Waals surface area (Å²) in [5, 5.41) is 20.3. The second-order valence-corrected chi connectivity index (χ2v) is 5.28. The average molecular weight is 329 g/mol. The molecular formula is C16H16FN5O2. The molecule has 8 heteroatoms. The van der Waals surface area contributed by atoms with Gasteiger partial charge in [-0.15, -0.1) is 5.10 Å². The summed E-state index contributed by atoms with van der Waals surface area (Å²) in [5.74, 6) is 0.470. The number of aromatic nitrogens is 5. The predicted molar refractivity (Wildman–Crippen MR) is 83.8 cm³/mol. The Balaban J connectivity index is 2.00. The number of methoxy groups -OCH3 is 1. The molecular weight excluding hydrogens is 313 g/mol. The van der Waals surface area contributed by atoms with Gasteiger partial charge in [-0.2, -0.15) is 0 Å². The maximum atomic E-state index is 13.9. The highest BCUT2D eigenvalue weighted by Crippen LogP contribution is 2.30. The second-order valence-electron chi connectivity index (χ2n) is 5.28. The zero-order chi connectivity index (χ0) is 17.1. The largest absolute Gasteiger partial charge is 0.481 e. The molecule has 0 bridgehead atoms. The van der Waals surface area contributed by atoms with Gasteiger partial charge in [-0.1, -0.05) is 12.1 Å². The molecule has 0 saturated heterocycles. The quantitative estimate of drug-likeness (QED) is 0.767. The Kier molecular flexibility index (Phi) is 4.48. The van der Waals surface area contributed by atoms with E-state index in [1.165, 1.54) is 17.9 Å². The lowest BCUT2D eigenvalue weighted by Crippen LogP contribution is -2.08. The van der Waals surface area contributed by atoms with Crippen LogP contribution in [-0.2, 0) is 13.2 Å². The minimum Gasteiger partial charge on any atom is -0.481 e. The molecule has 0 atom stereocenters.